The van der Waals surface area contributed by atoms with Crippen molar-refractivity contribution in [1.82, 2.24) is 15.1 Å². The molecule has 7 nitrogen and oxygen atoms in total. The lowest BCUT2D eigenvalue weighted by Crippen LogP contribution is -2.44. The van der Waals surface area contributed by atoms with Crippen LogP contribution in [0, 0.1) is 11.8 Å². The Hall–Kier alpha value is -1.34. The van der Waals surface area contributed by atoms with Crippen LogP contribution in [0.25, 0.3) is 0 Å². The summed E-state index contributed by atoms with van der Waals surface area (Å²) in [5.41, 5.74) is 0. The van der Waals surface area contributed by atoms with Crippen molar-refractivity contribution in [3.63, 3.8) is 0 Å². The standard InChI is InChI=1S/C17H32N4O3/c1-20(2)16(22)11-19-17(18-10-15-6-9-24-13-15)21(3)12-14-4-7-23-8-5-14/h14-15H,4-13H2,1-3H3,(H,18,19). The fraction of sp³-hybridized carbons (Fsp3) is 0.882. The molecule has 0 aromatic rings. The molecule has 1 amide bonds. The Kier molecular flexibility index (Phi) is 7.78. The Bertz CT molecular complexity index is 416. The zero-order chi connectivity index (χ0) is 17.4. The minimum Gasteiger partial charge on any atom is -0.381 e. The minimum absolute atomic E-state index is 0.0120. The average molecular weight is 340 g/mol. The van der Waals surface area contributed by atoms with Gasteiger partial charge in [-0.1, -0.05) is 0 Å². The predicted molar refractivity (Wildman–Crippen MR) is 94.1 cm³/mol. The van der Waals surface area contributed by atoms with Crippen molar-refractivity contribution in [1.29, 1.82) is 0 Å². The van der Waals surface area contributed by atoms with Gasteiger partial charge < -0.3 is 24.6 Å². The highest BCUT2D eigenvalue weighted by atomic mass is 16.5. The van der Waals surface area contributed by atoms with Crippen LogP contribution in [-0.2, 0) is 14.3 Å². The van der Waals surface area contributed by atoms with Gasteiger partial charge in [-0.3, -0.25) is 4.79 Å². The summed E-state index contributed by atoms with van der Waals surface area (Å²) >= 11 is 0. The lowest BCUT2D eigenvalue weighted by Gasteiger charge is -2.30. The minimum atomic E-state index is 0.0120. The smallest absolute Gasteiger partial charge is 0.243 e. The summed E-state index contributed by atoms with van der Waals surface area (Å²) in [4.78, 5) is 20.1. The number of amides is 1. The van der Waals surface area contributed by atoms with Crippen LogP contribution in [0.15, 0.2) is 4.99 Å². The highest BCUT2D eigenvalue weighted by molar-refractivity contribution is 5.84. The van der Waals surface area contributed by atoms with Crippen LogP contribution in [0.2, 0.25) is 0 Å². The molecule has 1 atom stereocenters. The molecule has 0 spiro atoms. The van der Waals surface area contributed by atoms with Crippen LogP contribution in [0.1, 0.15) is 19.3 Å². The predicted octanol–water partition coefficient (Wildman–Crippen LogP) is 0.415. The number of nitrogens with zero attached hydrogens (tertiary/aromatic N) is 3. The van der Waals surface area contributed by atoms with Crippen LogP contribution >= 0.6 is 0 Å². The third kappa shape index (κ3) is 6.28. The first-order valence-electron chi connectivity index (χ1n) is 8.91. The number of nitrogens with one attached hydrogen (secondary N) is 1. The molecule has 0 aromatic carbocycles. The molecule has 0 radical (unpaired) electrons. The maximum Gasteiger partial charge on any atom is 0.243 e. The van der Waals surface area contributed by atoms with Crippen LogP contribution in [0.3, 0.4) is 0 Å². The van der Waals surface area contributed by atoms with Gasteiger partial charge >= 0.3 is 0 Å². The molecule has 0 aromatic heterocycles. The normalized spacial score (nSPS) is 22.5. The molecule has 0 aliphatic carbocycles. The number of carbonyl (C=O) groups is 1. The van der Waals surface area contributed by atoms with E-state index in [1.807, 2.05) is 7.05 Å². The highest BCUT2D eigenvalue weighted by Crippen LogP contribution is 2.16. The van der Waals surface area contributed by atoms with Gasteiger partial charge in [-0.2, -0.15) is 0 Å². The van der Waals surface area contributed by atoms with Crippen LogP contribution in [0.4, 0.5) is 0 Å². The fourth-order valence-electron chi connectivity index (χ4n) is 2.98. The van der Waals surface area contributed by atoms with Crippen molar-refractivity contribution in [3.8, 4) is 0 Å². The van der Waals surface area contributed by atoms with Gasteiger partial charge in [0.15, 0.2) is 5.96 Å². The fourth-order valence-corrected chi connectivity index (χ4v) is 2.98. The number of rotatable bonds is 6. The van der Waals surface area contributed by atoms with Gasteiger partial charge in [-0.25, -0.2) is 4.99 Å². The highest BCUT2D eigenvalue weighted by Gasteiger charge is 2.20. The second kappa shape index (κ2) is 9.84. The average Bonchev–Trinajstić information content (AvgIpc) is 3.08. The van der Waals surface area contributed by atoms with E-state index in [-0.39, 0.29) is 12.5 Å². The van der Waals surface area contributed by atoms with Crippen LogP contribution in [-0.4, -0.2) is 88.9 Å². The summed E-state index contributed by atoms with van der Waals surface area (Å²) in [7, 11) is 5.56. The van der Waals surface area contributed by atoms with Crippen molar-refractivity contribution >= 4 is 11.9 Å². The number of guanidine groups is 1. The number of hydrogen-bond acceptors (Lipinski definition) is 4. The topological polar surface area (TPSA) is 66.4 Å². The summed E-state index contributed by atoms with van der Waals surface area (Å²) < 4.78 is 10.9. The second-order valence-electron chi connectivity index (χ2n) is 6.97. The molecule has 1 unspecified atom stereocenters. The van der Waals surface area contributed by atoms with Crippen LogP contribution < -0.4 is 5.32 Å². The number of ether oxygens (including phenoxy) is 2. The molecule has 24 heavy (non-hydrogen) atoms. The number of aliphatic imine (C=N–C) groups is 1. The molecule has 2 aliphatic heterocycles. The molecule has 2 fully saturated rings. The van der Waals surface area contributed by atoms with Gasteiger partial charge in [0, 0.05) is 60.0 Å². The summed E-state index contributed by atoms with van der Waals surface area (Å²) in [5, 5.41) is 3.44. The molecule has 0 bridgehead atoms. The number of carbonyl (C=O) groups excluding carboxylic acids is 1. The molecular formula is C17H32N4O3. The Morgan fingerprint density at radius 1 is 1.08 bits per heavy atom. The Balaban J connectivity index is 1.90. The largest absolute Gasteiger partial charge is 0.381 e. The van der Waals surface area contributed by atoms with E-state index in [1.54, 1.807) is 19.0 Å². The molecule has 7 heteroatoms. The van der Waals surface area contributed by atoms with Gasteiger partial charge in [0.2, 0.25) is 5.91 Å². The lowest BCUT2D eigenvalue weighted by molar-refractivity contribution is -0.127. The van der Waals surface area contributed by atoms with E-state index < -0.39 is 0 Å². The first-order chi connectivity index (χ1) is 11.6. The number of hydrogen-bond donors (Lipinski definition) is 1. The van der Waals surface area contributed by atoms with Crippen molar-refractivity contribution in [2.45, 2.75) is 19.3 Å². The van der Waals surface area contributed by atoms with Gasteiger partial charge in [0.1, 0.15) is 6.54 Å². The quantitative estimate of drug-likeness (QED) is 0.561. The Morgan fingerprint density at radius 3 is 2.38 bits per heavy atom. The van der Waals surface area contributed by atoms with E-state index >= 15 is 0 Å². The SMILES string of the molecule is CN(C)C(=O)CN=C(NCC1CCOC1)N(C)CC1CCOCC1. The van der Waals surface area contributed by atoms with Crippen molar-refractivity contribution in [2.75, 3.05) is 67.2 Å². The van der Waals surface area contributed by atoms with E-state index in [1.165, 1.54) is 0 Å². The van der Waals surface area contributed by atoms with Gasteiger partial charge in [0.05, 0.1) is 6.61 Å². The van der Waals surface area contributed by atoms with E-state index in [0.29, 0.717) is 11.8 Å². The first kappa shape index (κ1) is 19.0. The van der Waals surface area contributed by atoms with E-state index in [4.69, 9.17) is 9.47 Å². The summed E-state index contributed by atoms with van der Waals surface area (Å²) in [5.74, 6) is 1.97. The molecule has 2 rings (SSSR count). The van der Waals surface area contributed by atoms with Gasteiger partial charge in [-0.15, -0.1) is 0 Å². The van der Waals surface area contributed by atoms with Gasteiger partial charge in [0.25, 0.3) is 0 Å². The van der Waals surface area contributed by atoms with Crippen molar-refractivity contribution in [2.24, 2.45) is 16.8 Å². The molecule has 0 saturated carbocycles. The third-order valence-electron chi connectivity index (χ3n) is 4.67. The van der Waals surface area contributed by atoms with E-state index in [2.05, 4.69) is 15.2 Å². The molecule has 2 aliphatic rings. The molecule has 1 N–H and O–H groups in total. The summed E-state index contributed by atoms with van der Waals surface area (Å²) in [6, 6.07) is 0. The zero-order valence-electron chi connectivity index (χ0n) is 15.3. The molecule has 2 heterocycles. The van der Waals surface area contributed by atoms with E-state index in [9.17, 15) is 4.79 Å². The maximum atomic E-state index is 11.9. The Morgan fingerprint density at radius 2 is 1.75 bits per heavy atom. The second-order valence-corrected chi connectivity index (χ2v) is 6.97. The molecule has 2 saturated heterocycles. The monoisotopic (exact) mass is 340 g/mol. The molecular weight excluding hydrogens is 308 g/mol. The zero-order valence-corrected chi connectivity index (χ0v) is 15.3. The van der Waals surface area contributed by atoms with Crippen LogP contribution in [0.5, 0.6) is 0 Å². The summed E-state index contributed by atoms with van der Waals surface area (Å²) in [6.45, 7) is 5.29. The number of likely N-dealkylation sites (N-methyl/N-ethyl adjacent to an activating group) is 1. The van der Waals surface area contributed by atoms with E-state index in [0.717, 1.165) is 64.7 Å². The van der Waals surface area contributed by atoms with Crippen molar-refractivity contribution in [3.05, 3.63) is 0 Å². The third-order valence-corrected chi connectivity index (χ3v) is 4.67. The van der Waals surface area contributed by atoms with Gasteiger partial charge in [-0.05, 0) is 25.2 Å². The van der Waals surface area contributed by atoms with Crippen molar-refractivity contribution < 1.29 is 14.3 Å². The lowest BCUT2D eigenvalue weighted by atomic mass is 10.00. The summed E-state index contributed by atoms with van der Waals surface area (Å²) in [6.07, 6.45) is 3.26. The molecule has 138 valence electrons. The maximum absolute atomic E-state index is 11.9. The first-order valence-corrected chi connectivity index (χ1v) is 8.91. The Labute approximate surface area is 145 Å².